The summed E-state index contributed by atoms with van der Waals surface area (Å²) in [5, 5.41) is 11.6. The van der Waals surface area contributed by atoms with Gasteiger partial charge in [0.1, 0.15) is 11.6 Å². The number of ether oxygens (including phenoxy) is 2. The van der Waals surface area contributed by atoms with Gasteiger partial charge in [-0.15, -0.1) is 5.10 Å². The van der Waals surface area contributed by atoms with Crippen molar-refractivity contribution in [3.05, 3.63) is 35.4 Å². The highest BCUT2D eigenvalue weighted by molar-refractivity contribution is 7.98. The molecule has 0 aliphatic heterocycles. The molecule has 0 aliphatic carbocycles. The summed E-state index contributed by atoms with van der Waals surface area (Å²) in [7, 11) is 3.00. The van der Waals surface area contributed by atoms with E-state index in [1.807, 2.05) is 0 Å². The van der Waals surface area contributed by atoms with Gasteiger partial charge < -0.3 is 9.47 Å². The van der Waals surface area contributed by atoms with Gasteiger partial charge >= 0.3 is 0 Å². The predicted octanol–water partition coefficient (Wildman–Crippen LogP) is 1.86. The van der Waals surface area contributed by atoms with Crippen molar-refractivity contribution in [1.82, 2.24) is 20.2 Å². The van der Waals surface area contributed by atoms with Crippen LogP contribution < -0.4 is 0 Å². The van der Waals surface area contributed by atoms with Crippen LogP contribution in [0, 0.1) is 11.6 Å². The third kappa shape index (κ3) is 3.96. The van der Waals surface area contributed by atoms with Crippen LogP contribution >= 0.6 is 11.8 Å². The lowest BCUT2D eigenvalue weighted by Gasteiger charge is -2.13. The minimum atomic E-state index is -0.590. The van der Waals surface area contributed by atoms with E-state index < -0.39 is 17.9 Å². The fraction of sp³-hybridized carbons (Fsp3) is 0.417. The van der Waals surface area contributed by atoms with E-state index in [4.69, 9.17) is 9.47 Å². The van der Waals surface area contributed by atoms with Gasteiger partial charge in [0.15, 0.2) is 6.29 Å². The number of benzene rings is 1. The van der Waals surface area contributed by atoms with Crippen molar-refractivity contribution in [3.8, 4) is 0 Å². The number of methoxy groups -OCH3 is 2. The van der Waals surface area contributed by atoms with Crippen molar-refractivity contribution in [1.29, 1.82) is 0 Å². The summed E-state index contributed by atoms with van der Waals surface area (Å²) < 4.78 is 38.7. The first-order valence-electron chi connectivity index (χ1n) is 6.03. The van der Waals surface area contributed by atoms with Gasteiger partial charge in [-0.1, -0.05) is 17.8 Å². The summed E-state index contributed by atoms with van der Waals surface area (Å²) in [5.74, 6) is -1.09. The van der Waals surface area contributed by atoms with Crippen LogP contribution in [0.2, 0.25) is 0 Å². The zero-order chi connectivity index (χ0) is 15.2. The summed E-state index contributed by atoms with van der Waals surface area (Å²) in [6, 6.07) is 3.76. The highest BCUT2D eigenvalue weighted by Gasteiger charge is 2.15. The third-order valence-corrected chi connectivity index (χ3v) is 3.74. The highest BCUT2D eigenvalue weighted by Crippen LogP contribution is 2.23. The molecule has 21 heavy (non-hydrogen) atoms. The van der Waals surface area contributed by atoms with E-state index in [1.165, 1.54) is 37.1 Å². The minimum absolute atomic E-state index is 0.00733. The average molecular weight is 316 g/mol. The molecule has 2 rings (SSSR count). The minimum Gasteiger partial charge on any atom is -0.354 e. The molecule has 114 valence electrons. The van der Waals surface area contributed by atoms with Crippen molar-refractivity contribution in [2.45, 2.75) is 23.7 Å². The first kappa shape index (κ1) is 15.8. The number of thioether (sulfide) groups is 1. The molecule has 0 spiro atoms. The number of hydrogen-bond donors (Lipinski definition) is 0. The lowest BCUT2D eigenvalue weighted by molar-refractivity contribution is -0.113. The van der Waals surface area contributed by atoms with Gasteiger partial charge in [0.05, 0.1) is 6.54 Å². The molecule has 0 amide bonds. The molecule has 6 nitrogen and oxygen atoms in total. The van der Waals surface area contributed by atoms with Gasteiger partial charge in [0.25, 0.3) is 0 Å². The second-order valence-electron chi connectivity index (χ2n) is 4.03. The molecule has 0 aliphatic rings. The van der Waals surface area contributed by atoms with Gasteiger partial charge in [-0.3, -0.25) is 0 Å². The number of hydrogen-bond acceptors (Lipinski definition) is 6. The van der Waals surface area contributed by atoms with Crippen molar-refractivity contribution < 1.29 is 18.3 Å². The van der Waals surface area contributed by atoms with Crippen LogP contribution in [0.4, 0.5) is 8.78 Å². The second kappa shape index (κ2) is 7.43. The molecule has 0 radical (unpaired) electrons. The first-order valence-corrected chi connectivity index (χ1v) is 7.01. The van der Waals surface area contributed by atoms with E-state index in [-0.39, 0.29) is 17.9 Å². The Kier molecular flexibility index (Phi) is 5.59. The Morgan fingerprint density at radius 3 is 2.52 bits per heavy atom. The summed E-state index contributed by atoms with van der Waals surface area (Å²) in [4.78, 5) is 0. The number of halogens is 2. The molecular formula is C12H14F2N4O2S. The summed E-state index contributed by atoms with van der Waals surface area (Å²) in [6.07, 6.45) is -0.502. The molecule has 0 atom stereocenters. The van der Waals surface area contributed by atoms with Crippen molar-refractivity contribution in [2.75, 3.05) is 14.2 Å². The molecule has 2 aromatic rings. The molecule has 0 N–H and O–H groups in total. The maximum atomic E-state index is 13.5. The normalized spacial score (nSPS) is 11.3. The Morgan fingerprint density at radius 1 is 1.24 bits per heavy atom. The van der Waals surface area contributed by atoms with Crippen LogP contribution in [0.5, 0.6) is 0 Å². The molecule has 0 fully saturated rings. The molecule has 1 heterocycles. The Balaban J connectivity index is 2.06. The zero-order valence-corrected chi connectivity index (χ0v) is 12.3. The number of rotatable bonds is 7. The SMILES string of the molecule is COC(Cn1nnnc1SCc1c(F)cccc1F)OC. The van der Waals surface area contributed by atoms with E-state index in [0.29, 0.717) is 5.16 Å². The Hall–Kier alpha value is -1.58. The Bertz CT molecular complexity index is 572. The predicted molar refractivity (Wildman–Crippen MR) is 71.5 cm³/mol. The van der Waals surface area contributed by atoms with E-state index in [1.54, 1.807) is 0 Å². The number of aromatic nitrogens is 4. The molecular weight excluding hydrogens is 302 g/mol. The topological polar surface area (TPSA) is 62.1 Å². The maximum Gasteiger partial charge on any atom is 0.209 e. The van der Waals surface area contributed by atoms with Crippen LogP contribution in [0.25, 0.3) is 0 Å². The summed E-state index contributed by atoms with van der Waals surface area (Å²) >= 11 is 1.13. The van der Waals surface area contributed by atoms with Crippen LogP contribution in [0.1, 0.15) is 5.56 Å². The lowest BCUT2D eigenvalue weighted by atomic mass is 10.2. The van der Waals surface area contributed by atoms with E-state index >= 15 is 0 Å². The van der Waals surface area contributed by atoms with Crippen LogP contribution in [-0.4, -0.2) is 40.7 Å². The molecule has 0 bridgehead atoms. The number of tetrazole rings is 1. The van der Waals surface area contributed by atoms with Gasteiger partial charge in [0.2, 0.25) is 5.16 Å². The van der Waals surface area contributed by atoms with Gasteiger partial charge in [-0.25, -0.2) is 13.5 Å². The first-order chi connectivity index (χ1) is 10.2. The summed E-state index contributed by atoms with van der Waals surface area (Å²) in [5.41, 5.74) is -0.00733. The Labute approximate surface area is 124 Å². The fourth-order valence-electron chi connectivity index (χ4n) is 1.61. The number of nitrogens with zero attached hydrogens (tertiary/aromatic N) is 4. The monoisotopic (exact) mass is 316 g/mol. The third-order valence-electron chi connectivity index (χ3n) is 2.75. The van der Waals surface area contributed by atoms with E-state index in [2.05, 4.69) is 15.5 Å². The molecule has 9 heteroatoms. The molecule has 1 aromatic carbocycles. The molecule has 0 saturated heterocycles. The van der Waals surface area contributed by atoms with Crippen molar-refractivity contribution >= 4 is 11.8 Å². The standard InChI is InChI=1S/C12H14F2N4O2S/c1-19-11(20-2)6-18-12(15-16-17-18)21-7-8-9(13)4-3-5-10(8)14/h3-5,11H,6-7H2,1-2H3. The van der Waals surface area contributed by atoms with Crippen LogP contribution in [0.15, 0.2) is 23.4 Å². The second-order valence-corrected chi connectivity index (χ2v) is 4.98. The maximum absolute atomic E-state index is 13.5. The molecule has 0 unspecified atom stereocenters. The average Bonchev–Trinajstić information content (AvgIpc) is 2.91. The van der Waals surface area contributed by atoms with Gasteiger partial charge in [-0.2, -0.15) is 0 Å². The fourth-order valence-corrected chi connectivity index (χ4v) is 2.51. The van der Waals surface area contributed by atoms with Gasteiger partial charge in [-0.05, 0) is 22.6 Å². The van der Waals surface area contributed by atoms with Crippen LogP contribution in [-0.2, 0) is 21.8 Å². The molecule has 0 saturated carbocycles. The highest BCUT2D eigenvalue weighted by atomic mass is 32.2. The van der Waals surface area contributed by atoms with Crippen LogP contribution in [0.3, 0.4) is 0 Å². The Morgan fingerprint density at radius 2 is 1.90 bits per heavy atom. The van der Waals surface area contributed by atoms with Crippen molar-refractivity contribution in [2.24, 2.45) is 0 Å². The van der Waals surface area contributed by atoms with E-state index in [9.17, 15) is 8.78 Å². The lowest BCUT2D eigenvalue weighted by Crippen LogP contribution is -2.21. The zero-order valence-electron chi connectivity index (χ0n) is 11.5. The largest absolute Gasteiger partial charge is 0.354 e. The smallest absolute Gasteiger partial charge is 0.209 e. The quantitative estimate of drug-likeness (QED) is 0.574. The van der Waals surface area contributed by atoms with E-state index in [0.717, 1.165) is 11.8 Å². The summed E-state index contributed by atoms with van der Waals surface area (Å²) in [6.45, 7) is 0.280. The van der Waals surface area contributed by atoms with Crippen molar-refractivity contribution in [3.63, 3.8) is 0 Å². The molecule has 1 aromatic heterocycles. The van der Waals surface area contributed by atoms with Gasteiger partial charge in [0, 0.05) is 25.5 Å².